The molecule has 0 aliphatic rings. The average molecular weight is 379 g/mol. The zero-order chi connectivity index (χ0) is 20.1. The van der Waals surface area contributed by atoms with Gasteiger partial charge < -0.3 is 25.0 Å². The van der Waals surface area contributed by atoms with Gasteiger partial charge in [0.25, 0.3) is 0 Å². The van der Waals surface area contributed by atoms with E-state index in [1.807, 2.05) is 18.2 Å². The molecule has 1 rings (SSSR count). The Kier molecular flexibility index (Phi) is 11.5. The molecule has 2 N–H and O–H groups in total. The maximum Gasteiger partial charge on any atom is 0.191 e. The summed E-state index contributed by atoms with van der Waals surface area (Å²) in [6.07, 6.45) is 0.959. The van der Waals surface area contributed by atoms with Crippen molar-refractivity contribution in [2.75, 3.05) is 54.1 Å². The maximum absolute atomic E-state index is 5.63. The molecule has 0 aliphatic carbocycles. The molecule has 0 radical (unpaired) electrons. The fraction of sp³-hybridized carbons (Fsp3) is 0.667. The highest BCUT2D eigenvalue weighted by atomic mass is 16.5. The molecular weight excluding hydrogens is 340 g/mol. The van der Waals surface area contributed by atoms with Crippen LogP contribution in [-0.2, 0) is 4.74 Å². The molecule has 0 aliphatic heterocycles. The standard InChI is InChI=1S/C21H38N4O2/c1-7-22-21(23-13-10-14-27-16-17(2)3)24-15-19(25(4)5)18-11-8-9-12-20(18)26-6/h8-9,11-12,17,19H,7,10,13-16H2,1-6H3,(H2,22,23,24). The Morgan fingerprint density at radius 1 is 1.19 bits per heavy atom. The van der Waals surface area contributed by atoms with Crippen LogP contribution < -0.4 is 15.4 Å². The van der Waals surface area contributed by atoms with Crippen molar-refractivity contribution < 1.29 is 9.47 Å². The number of methoxy groups -OCH3 is 1. The number of aliphatic imine (C=N–C) groups is 1. The minimum atomic E-state index is 0.144. The fourth-order valence-electron chi connectivity index (χ4n) is 2.70. The van der Waals surface area contributed by atoms with E-state index in [2.05, 4.69) is 56.5 Å². The lowest BCUT2D eigenvalue weighted by atomic mass is 10.0. The van der Waals surface area contributed by atoms with E-state index in [0.29, 0.717) is 12.5 Å². The first-order valence-corrected chi connectivity index (χ1v) is 9.88. The van der Waals surface area contributed by atoms with Gasteiger partial charge in [-0.3, -0.25) is 4.99 Å². The molecule has 1 unspecified atom stereocenters. The third kappa shape index (κ3) is 9.11. The van der Waals surface area contributed by atoms with Crippen LogP contribution >= 0.6 is 0 Å². The third-order valence-electron chi connectivity index (χ3n) is 4.10. The molecular formula is C21H38N4O2. The quantitative estimate of drug-likeness (QED) is 0.333. The summed E-state index contributed by atoms with van der Waals surface area (Å²) in [6.45, 7) is 10.3. The van der Waals surface area contributed by atoms with Crippen molar-refractivity contribution >= 4 is 5.96 Å². The van der Waals surface area contributed by atoms with E-state index in [4.69, 9.17) is 14.5 Å². The SMILES string of the molecule is CCNC(=NCC(c1ccccc1OC)N(C)C)NCCCOCC(C)C. The molecule has 1 atom stereocenters. The second-order valence-electron chi connectivity index (χ2n) is 7.19. The second-order valence-corrected chi connectivity index (χ2v) is 7.19. The molecule has 0 heterocycles. The Bertz CT molecular complexity index is 547. The largest absolute Gasteiger partial charge is 0.496 e. The maximum atomic E-state index is 5.63. The topological polar surface area (TPSA) is 58.1 Å². The second kappa shape index (κ2) is 13.4. The molecule has 6 heteroatoms. The molecule has 0 saturated carbocycles. The van der Waals surface area contributed by atoms with Crippen molar-refractivity contribution in [3.05, 3.63) is 29.8 Å². The van der Waals surface area contributed by atoms with Crippen LogP contribution in [0.3, 0.4) is 0 Å². The number of para-hydroxylation sites is 1. The van der Waals surface area contributed by atoms with Gasteiger partial charge >= 0.3 is 0 Å². The third-order valence-corrected chi connectivity index (χ3v) is 4.10. The zero-order valence-corrected chi connectivity index (χ0v) is 17.9. The van der Waals surface area contributed by atoms with Crippen molar-refractivity contribution in [3.8, 4) is 5.75 Å². The number of nitrogens with zero attached hydrogens (tertiary/aromatic N) is 2. The summed E-state index contributed by atoms with van der Waals surface area (Å²) in [5.41, 5.74) is 1.15. The van der Waals surface area contributed by atoms with Crippen LogP contribution in [0.5, 0.6) is 5.75 Å². The summed E-state index contributed by atoms with van der Waals surface area (Å²) < 4.78 is 11.2. The first-order chi connectivity index (χ1) is 13.0. The van der Waals surface area contributed by atoms with Crippen LogP contribution in [0, 0.1) is 5.92 Å². The van der Waals surface area contributed by atoms with Gasteiger partial charge in [-0.05, 0) is 39.4 Å². The minimum Gasteiger partial charge on any atom is -0.496 e. The Labute approximate surface area is 165 Å². The van der Waals surface area contributed by atoms with Crippen molar-refractivity contribution in [1.29, 1.82) is 0 Å². The zero-order valence-electron chi connectivity index (χ0n) is 17.9. The van der Waals surface area contributed by atoms with Crippen molar-refractivity contribution in [3.63, 3.8) is 0 Å². The van der Waals surface area contributed by atoms with Crippen LogP contribution in [0.1, 0.15) is 38.8 Å². The van der Waals surface area contributed by atoms with E-state index in [0.717, 1.165) is 50.0 Å². The van der Waals surface area contributed by atoms with Crippen molar-refractivity contribution in [2.45, 2.75) is 33.2 Å². The molecule has 1 aromatic rings. The minimum absolute atomic E-state index is 0.144. The van der Waals surface area contributed by atoms with Gasteiger partial charge in [-0.2, -0.15) is 0 Å². The molecule has 27 heavy (non-hydrogen) atoms. The number of likely N-dealkylation sites (N-methyl/N-ethyl adjacent to an activating group) is 1. The van der Waals surface area contributed by atoms with E-state index < -0.39 is 0 Å². The van der Waals surface area contributed by atoms with Gasteiger partial charge in [0.2, 0.25) is 0 Å². The highest BCUT2D eigenvalue weighted by Gasteiger charge is 2.18. The van der Waals surface area contributed by atoms with Crippen LogP contribution in [0.4, 0.5) is 0 Å². The van der Waals surface area contributed by atoms with Crippen LogP contribution in [0.15, 0.2) is 29.3 Å². The molecule has 6 nitrogen and oxygen atoms in total. The molecule has 0 spiro atoms. The Morgan fingerprint density at radius 3 is 2.56 bits per heavy atom. The fourth-order valence-corrected chi connectivity index (χ4v) is 2.70. The summed E-state index contributed by atoms with van der Waals surface area (Å²) in [7, 11) is 5.85. The predicted octanol–water partition coefficient (Wildman–Crippen LogP) is 2.92. The Balaban J connectivity index is 2.64. The molecule has 0 bridgehead atoms. The highest BCUT2D eigenvalue weighted by molar-refractivity contribution is 5.79. The average Bonchev–Trinajstić information content (AvgIpc) is 2.64. The van der Waals surface area contributed by atoms with Gasteiger partial charge in [-0.15, -0.1) is 0 Å². The van der Waals surface area contributed by atoms with Crippen LogP contribution in [-0.4, -0.2) is 64.9 Å². The Morgan fingerprint density at radius 2 is 1.93 bits per heavy atom. The van der Waals surface area contributed by atoms with Gasteiger partial charge in [0.05, 0.1) is 19.7 Å². The van der Waals surface area contributed by atoms with E-state index in [9.17, 15) is 0 Å². The Hall–Kier alpha value is -1.79. The van der Waals surface area contributed by atoms with E-state index in [1.165, 1.54) is 0 Å². The smallest absolute Gasteiger partial charge is 0.191 e. The number of rotatable bonds is 12. The van der Waals surface area contributed by atoms with Gasteiger partial charge in [0.1, 0.15) is 5.75 Å². The first kappa shape index (κ1) is 23.2. The normalized spacial score (nSPS) is 13.1. The van der Waals surface area contributed by atoms with Crippen LogP contribution in [0.25, 0.3) is 0 Å². The number of hydrogen-bond donors (Lipinski definition) is 2. The number of ether oxygens (including phenoxy) is 2. The van der Waals surface area contributed by atoms with E-state index in [-0.39, 0.29) is 6.04 Å². The van der Waals surface area contributed by atoms with Gasteiger partial charge in [-0.1, -0.05) is 32.0 Å². The van der Waals surface area contributed by atoms with Gasteiger partial charge in [0, 0.05) is 31.9 Å². The molecule has 0 fully saturated rings. The number of hydrogen-bond acceptors (Lipinski definition) is 4. The summed E-state index contributed by atoms with van der Waals surface area (Å²) >= 11 is 0. The monoisotopic (exact) mass is 378 g/mol. The molecule has 1 aromatic carbocycles. The molecule has 0 aromatic heterocycles. The van der Waals surface area contributed by atoms with Crippen molar-refractivity contribution in [1.82, 2.24) is 15.5 Å². The van der Waals surface area contributed by atoms with Gasteiger partial charge in [-0.25, -0.2) is 0 Å². The van der Waals surface area contributed by atoms with Crippen molar-refractivity contribution in [2.24, 2.45) is 10.9 Å². The lowest BCUT2D eigenvalue weighted by Gasteiger charge is -2.25. The summed E-state index contributed by atoms with van der Waals surface area (Å²) in [5, 5.41) is 6.71. The number of benzene rings is 1. The lowest BCUT2D eigenvalue weighted by molar-refractivity contribution is 0.108. The summed E-state index contributed by atoms with van der Waals surface area (Å²) in [4.78, 5) is 6.96. The predicted molar refractivity (Wildman–Crippen MR) is 114 cm³/mol. The van der Waals surface area contributed by atoms with E-state index >= 15 is 0 Å². The first-order valence-electron chi connectivity index (χ1n) is 9.88. The van der Waals surface area contributed by atoms with E-state index in [1.54, 1.807) is 7.11 Å². The molecule has 0 saturated heterocycles. The number of guanidine groups is 1. The van der Waals surface area contributed by atoms with Crippen LogP contribution in [0.2, 0.25) is 0 Å². The summed E-state index contributed by atoms with van der Waals surface area (Å²) in [5.74, 6) is 2.31. The molecule has 154 valence electrons. The molecule has 0 amide bonds. The number of nitrogens with one attached hydrogen (secondary N) is 2. The summed E-state index contributed by atoms with van der Waals surface area (Å²) in [6, 6.07) is 8.27. The van der Waals surface area contributed by atoms with Gasteiger partial charge in [0.15, 0.2) is 5.96 Å². The highest BCUT2D eigenvalue weighted by Crippen LogP contribution is 2.28. The lowest BCUT2D eigenvalue weighted by Crippen LogP contribution is -2.38.